The van der Waals surface area contributed by atoms with E-state index in [1.165, 1.54) is 13.8 Å². The number of Topliss-reactive ketones (excluding diaryl/α,β-unsaturated/α-hetero) is 3. The Morgan fingerprint density at radius 3 is 2.08 bits per heavy atom. The molecule has 4 heteroatoms. The van der Waals surface area contributed by atoms with Crippen LogP contribution in [0, 0.1) is 0 Å². The van der Waals surface area contributed by atoms with Crippen molar-refractivity contribution < 1.29 is 14.4 Å². The van der Waals surface area contributed by atoms with Gasteiger partial charge in [0, 0.05) is 13.3 Å². The predicted molar refractivity (Wildman–Crippen MR) is 48.5 cm³/mol. The molecule has 0 saturated heterocycles. The standard InChI is InChI=1S/C9H15NO3/c1-6(11)8(10-3)4-5-9(13)7(2)12/h8,10H,4-5H2,1-3H3/t8-/m0/s1. The van der Waals surface area contributed by atoms with Gasteiger partial charge in [0.2, 0.25) is 0 Å². The van der Waals surface area contributed by atoms with Crippen LogP contribution < -0.4 is 5.32 Å². The topological polar surface area (TPSA) is 63.2 Å². The Morgan fingerprint density at radius 2 is 1.77 bits per heavy atom. The molecule has 0 amide bonds. The Morgan fingerprint density at radius 1 is 1.23 bits per heavy atom. The Hall–Kier alpha value is -1.03. The second kappa shape index (κ2) is 5.59. The van der Waals surface area contributed by atoms with Crippen LogP contribution in [0.15, 0.2) is 0 Å². The van der Waals surface area contributed by atoms with E-state index in [9.17, 15) is 14.4 Å². The molecule has 0 spiro atoms. The van der Waals surface area contributed by atoms with Crippen molar-refractivity contribution in [2.45, 2.75) is 32.7 Å². The van der Waals surface area contributed by atoms with Gasteiger partial charge in [0.25, 0.3) is 0 Å². The summed E-state index contributed by atoms with van der Waals surface area (Å²) >= 11 is 0. The normalized spacial score (nSPS) is 12.2. The second-order valence-electron chi connectivity index (χ2n) is 2.97. The quantitative estimate of drug-likeness (QED) is 0.596. The van der Waals surface area contributed by atoms with Crippen LogP contribution in [0.5, 0.6) is 0 Å². The summed E-state index contributed by atoms with van der Waals surface area (Å²) in [4.78, 5) is 32.4. The molecule has 0 aliphatic rings. The van der Waals surface area contributed by atoms with Crippen LogP contribution in [-0.2, 0) is 14.4 Å². The SMILES string of the molecule is CN[C@@H](CCC(=O)C(C)=O)C(C)=O. The molecule has 13 heavy (non-hydrogen) atoms. The van der Waals surface area contributed by atoms with Crippen molar-refractivity contribution in [3.63, 3.8) is 0 Å². The number of ketones is 3. The first-order valence-electron chi connectivity index (χ1n) is 4.20. The third-order valence-corrected chi connectivity index (χ3v) is 1.89. The lowest BCUT2D eigenvalue weighted by Gasteiger charge is -2.10. The van der Waals surface area contributed by atoms with Gasteiger partial charge in [-0.2, -0.15) is 0 Å². The molecule has 1 atom stereocenters. The third kappa shape index (κ3) is 4.52. The number of hydrogen-bond donors (Lipinski definition) is 1. The molecule has 0 bridgehead atoms. The van der Waals surface area contributed by atoms with E-state index in [4.69, 9.17) is 0 Å². The summed E-state index contributed by atoms with van der Waals surface area (Å²) in [5.74, 6) is -0.876. The van der Waals surface area contributed by atoms with Crippen LogP contribution in [0.25, 0.3) is 0 Å². The minimum Gasteiger partial charge on any atom is -0.311 e. The number of carbonyl (C=O) groups excluding carboxylic acids is 3. The van der Waals surface area contributed by atoms with Crippen LogP contribution in [0.4, 0.5) is 0 Å². The minimum absolute atomic E-state index is 0.0150. The molecule has 0 aromatic rings. The Labute approximate surface area is 77.7 Å². The molecule has 0 aliphatic heterocycles. The molecule has 0 rings (SSSR count). The van der Waals surface area contributed by atoms with Gasteiger partial charge in [0.15, 0.2) is 11.6 Å². The number of likely N-dealkylation sites (N-methyl/N-ethyl adjacent to an activating group) is 1. The highest BCUT2D eigenvalue weighted by Crippen LogP contribution is 1.99. The molecule has 0 fully saturated rings. The van der Waals surface area contributed by atoms with Crippen molar-refractivity contribution in [2.24, 2.45) is 0 Å². The highest BCUT2D eigenvalue weighted by atomic mass is 16.2. The molecule has 0 aromatic heterocycles. The van der Waals surface area contributed by atoms with E-state index in [0.29, 0.717) is 6.42 Å². The molecule has 0 saturated carbocycles. The summed E-state index contributed by atoms with van der Waals surface area (Å²) in [6.07, 6.45) is 0.532. The minimum atomic E-state index is -0.446. The fourth-order valence-corrected chi connectivity index (χ4v) is 1.00. The van der Waals surface area contributed by atoms with E-state index in [1.807, 2.05) is 0 Å². The molecular weight excluding hydrogens is 170 g/mol. The average Bonchev–Trinajstić information content (AvgIpc) is 2.04. The van der Waals surface area contributed by atoms with Crippen molar-refractivity contribution in [2.75, 3.05) is 7.05 Å². The van der Waals surface area contributed by atoms with Gasteiger partial charge in [-0.15, -0.1) is 0 Å². The van der Waals surface area contributed by atoms with E-state index in [0.717, 1.165) is 0 Å². The van der Waals surface area contributed by atoms with E-state index < -0.39 is 11.6 Å². The molecule has 0 heterocycles. The molecule has 0 unspecified atom stereocenters. The van der Waals surface area contributed by atoms with Crippen LogP contribution in [-0.4, -0.2) is 30.4 Å². The monoisotopic (exact) mass is 185 g/mol. The molecule has 0 aliphatic carbocycles. The van der Waals surface area contributed by atoms with Gasteiger partial charge < -0.3 is 5.32 Å². The van der Waals surface area contributed by atoms with Crippen LogP contribution >= 0.6 is 0 Å². The number of carbonyl (C=O) groups is 3. The van der Waals surface area contributed by atoms with Crippen molar-refractivity contribution in [3.05, 3.63) is 0 Å². The predicted octanol–water partition coefficient (Wildman–Crippen LogP) is 0.102. The van der Waals surface area contributed by atoms with Crippen LogP contribution in [0.3, 0.4) is 0 Å². The highest BCUT2D eigenvalue weighted by Gasteiger charge is 2.15. The highest BCUT2D eigenvalue weighted by molar-refractivity contribution is 6.36. The van der Waals surface area contributed by atoms with Gasteiger partial charge in [-0.25, -0.2) is 0 Å². The van der Waals surface area contributed by atoms with Crippen molar-refractivity contribution in [1.82, 2.24) is 5.32 Å². The fraction of sp³-hybridized carbons (Fsp3) is 0.667. The summed E-state index contributed by atoms with van der Waals surface area (Å²) in [6, 6.07) is -0.316. The van der Waals surface area contributed by atoms with Crippen molar-refractivity contribution in [1.29, 1.82) is 0 Å². The summed E-state index contributed by atoms with van der Waals surface area (Å²) in [7, 11) is 1.66. The Balaban J connectivity index is 3.92. The zero-order valence-corrected chi connectivity index (χ0v) is 8.22. The van der Waals surface area contributed by atoms with E-state index in [2.05, 4.69) is 5.32 Å². The van der Waals surface area contributed by atoms with Gasteiger partial charge in [-0.05, 0) is 20.4 Å². The number of nitrogens with one attached hydrogen (secondary N) is 1. The zero-order valence-electron chi connectivity index (χ0n) is 8.22. The smallest absolute Gasteiger partial charge is 0.198 e. The van der Waals surface area contributed by atoms with Crippen molar-refractivity contribution >= 4 is 17.3 Å². The maximum Gasteiger partial charge on any atom is 0.198 e. The Kier molecular flexibility index (Phi) is 5.14. The van der Waals surface area contributed by atoms with Gasteiger partial charge in [0.1, 0.15) is 5.78 Å². The largest absolute Gasteiger partial charge is 0.311 e. The molecule has 0 aromatic carbocycles. The Bertz CT molecular complexity index is 223. The zero-order chi connectivity index (χ0) is 10.4. The van der Waals surface area contributed by atoms with E-state index in [1.54, 1.807) is 7.05 Å². The first-order chi connectivity index (χ1) is 5.99. The van der Waals surface area contributed by atoms with Gasteiger partial charge in [-0.3, -0.25) is 14.4 Å². The van der Waals surface area contributed by atoms with Gasteiger partial charge >= 0.3 is 0 Å². The van der Waals surface area contributed by atoms with E-state index >= 15 is 0 Å². The van der Waals surface area contributed by atoms with Crippen LogP contribution in [0.1, 0.15) is 26.7 Å². The summed E-state index contributed by atoms with van der Waals surface area (Å²) in [5.41, 5.74) is 0. The summed E-state index contributed by atoms with van der Waals surface area (Å²) < 4.78 is 0. The van der Waals surface area contributed by atoms with Gasteiger partial charge in [-0.1, -0.05) is 0 Å². The molecular formula is C9H15NO3. The lowest BCUT2D eigenvalue weighted by molar-refractivity contribution is -0.135. The molecule has 4 nitrogen and oxygen atoms in total. The van der Waals surface area contributed by atoms with Crippen molar-refractivity contribution in [3.8, 4) is 0 Å². The lowest BCUT2D eigenvalue weighted by Crippen LogP contribution is -2.33. The maximum atomic E-state index is 10.9. The molecule has 1 N–H and O–H groups in total. The molecule has 0 radical (unpaired) electrons. The maximum absolute atomic E-state index is 10.9. The van der Waals surface area contributed by atoms with Crippen LogP contribution in [0.2, 0.25) is 0 Å². The number of rotatable bonds is 6. The first kappa shape index (κ1) is 12.0. The molecule has 74 valence electrons. The third-order valence-electron chi connectivity index (χ3n) is 1.89. The number of hydrogen-bond acceptors (Lipinski definition) is 4. The summed E-state index contributed by atoms with van der Waals surface area (Å²) in [6.45, 7) is 2.70. The second-order valence-corrected chi connectivity index (χ2v) is 2.97. The van der Waals surface area contributed by atoms with Gasteiger partial charge in [0.05, 0.1) is 6.04 Å². The summed E-state index contributed by atoms with van der Waals surface area (Å²) in [5, 5.41) is 2.78. The first-order valence-corrected chi connectivity index (χ1v) is 4.20. The lowest BCUT2D eigenvalue weighted by atomic mass is 10.0. The average molecular weight is 185 g/mol. The fourth-order valence-electron chi connectivity index (χ4n) is 1.00. The van der Waals surface area contributed by atoms with E-state index in [-0.39, 0.29) is 18.2 Å².